The molecular weight excluding hydrogens is 340 g/mol. The SMILES string of the molecule is Cc1cc(O)ccc1Oc1ccc(NC(=O)c2ccc(Cl)cc2)cn1. The van der Waals surface area contributed by atoms with Crippen LogP contribution in [-0.4, -0.2) is 16.0 Å². The average Bonchev–Trinajstić information content (AvgIpc) is 2.59. The minimum Gasteiger partial charge on any atom is -0.508 e. The summed E-state index contributed by atoms with van der Waals surface area (Å²) in [6, 6.07) is 14.8. The molecule has 3 aromatic rings. The van der Waals surface area contributed by atoms with Gasteiger partial charge in [-0.2, -0.15) is 0 Å². The van der Waals surface area contributed by atoms with Crippen molar-refractivity contribution in [1.29, 1.82) is 0 Å². The molecule has 5 nitrogen and oxygen atoms in total. The molecule has 0 fully saturated rings. The maximum Gasteiger partial charge on any atom is 0.255 e. The van der Waals surface area contributed by atoms with Gasteiger partial charge in [0.1, 0.15) is 11.5 Å². The number of anilines is 1. The lowest BCUT2D eigenvalue weighted by Gasteiger charge is -2.09. The van der Waals surface area contributed by atoms with Gasteiger partial charge in [0.2, 0.25) is 5.88 Å². The van der Waals surface area contributed by atoms with E-state index in [0.29, 0.717) is 27.9 Å². The number of nitrogens with one attached hydrogen (secondary N) is 1. The number of phenolic OH excluding ortho intramolecular Hbond substituents is 1. The molecule has 3 rings (SSSR count). The monoisotopic (exact) mass is 354 g/mol. The summed E-state index contributed by atoms with van der Waals surface area (Å²) in [7, 11) is 0. The van der Waals surface area contributed by atoms with E-state index in [-0.39, 0.29) is 11.7 Å². The molecule has 0 bridgehead atoms. The highest BCUT2D eigenvalue weighted by atomic mass is 35.5. The van der Waals surface area contributed by atoms with Crippen molar-refractivity contribution in [3.63, 3.8) is 0 Å². The number of hydrogen-bond acceptors (Lipinski definition) is 4. The first-order valence-corrected chi connectivity index (χ1v) is 7.89. The Morgan fingerprint density at radius 2 is 1.88 bits per heavy atom. The van der Waals surface area contributed by atoms with Crippen LogP contribution in [0.25, 0.3) is 0 Å². The molecule has 0 aliphatic heterocycles. The van der Waals surface area contributed by atoms with E-state index in [1.54, 1.807) is 54.6 Å². The lowest BCUT2D eigenvalue weighted by molar-refractivity contribution is 0.102. The molecule has 0 radical (unpaired) electrons. The number of benzene rings is 2. The van der Waals surface area contributed by atoms with Gasteiger partial charge in [0, 0.05) is 16.7 Å². The first kappa shape index (κ1) is 16.8. The van der Waals surface area contributed by atoms with Crippen molar-refractivity contribution in [2.45, 2.75) is 6.92 Å². The molecule has 0 saturated carbocycles. The number of phenols is 1. The molecule has 126 valence electrons. The third kappa shape index (κ3) is 4.28. The predicted octanol–water partition coefficient (Wildman–Crippen LogP) is 4.79. The van der Waals surface area contributed by atoms with Gasteiger partial charge in [0.25, 0.3) is 5.91 Å². The van der Waals surface area contributed by atoms with Crippen LogP contribution in [0.4, 0.5) is 5.69 Å². The normalized spacial score (nSPS) is 10.3. The van der Waals surface area contributed by atoms with E-state index in [1.165, 1.54) is 6.20 Å². The lowest BCUT2D eigenvalue weighted by atomic mass is 10.2. The van der Waals surface area contributed by atoms with E-state index in [1.807, 2.05) is 6.92 Å². The van der Waals surface area contributed by atoms with Crippen LogP contribution in [0.3, 0.4) is 0 Å². The molecule has 1 aromatic heterocycles. The molecule has 1 heterocycles. The molecule has 2 aromatic carbocycles. The van der Waals surface area contributed by atoms with Gasteiger partial charge in [-0.25, -0.2) is 4.98 Å². The summed E-state index contributed by atoms with van der Waals surface area (Å²) in [5.74, 6) is 0.918. The molecule has 1 amide bonds. The first-order valence-electron chi connectivity index (χ1n) is 7.52. The van der Waals surface area contributed by atoms with Gasteiger partial charge in [-0.15, -0.1) is 0 Å². The van der Waals surface area contributed by atoms with Gasteiger partial charge < -0.3 is 15.2 Å². The summed E-state index contributed by atoms with van der Waals surface area (Å²) in [4.78, 5) is 16.3. The van der Waals surface area contributed by atoms with Crippen molar-refractivity contribution in [1.82, 2.24) is 4.98 Å². The molecule has 0 spiro atoms. The number of nitrogens with zero attached hydrogens (tertiary/aromatic N) is 1. The minimum atomic E-state index is -0.249. The van der Waals surface area contributed by atoms with Crippen LogP contribution >= 0.6 is 11.6 Å². The van der Waals surface area contributed by atoms with Gasteiger partial charge in [0.15, 0.2) is 0 Å². The molecule has 2 N–H and O–H groups in total. The van der Waals surface area contributed by atoms with E-state index in [4.69, 9.17) is 16.3 Å². The van der Waals surface area contributed by atoms with Crippen molar-refractivity contribution in [2.75, 3.05) is 5.32 Å². The zero-order chi connectivity index (χ0) is 17.8. The number of carbonyl (C=O) groups excluding carboxylic acids is 1. The third-order valence-corrected chi connectivity index (χ3v) is 3.73. The van der Waals surface area contributed by atoms with Crippen molar-refractivity contribution in [2.24, 2.45) is 0 Å². The summed E-state index contributed by atoms with van der Waals surface area (Å²) in [6.07, 6.45) is 1.51. The number of amides is 1. The Kier molecular flexibility index (Phi) is 4.86. The molecule has 0 atom stereocenters. The molecule has 0 unspecified atom stereocenters. The summed E-state index contributed by atoms with van der Waals surface area (Å²) < 4.78 is 5.67. The topological polar surface area (TPSA) is 71.5 Å². The number of carbonyl (C=O) groups is 1. The number of pyridine rings is 1. The molecule has 0 aliphatic carbocycles. The van der Waals surface area contributed by atoms with Crippen LogP contribution in [0.1, 0.15) is 15.9 Å². The van der Waals surface area contributed by atoms with Gasteiger partial charge in [-0.05, 0) is 61.0 Å². The highest BCUT2D eigenvalue weighted by Crippen LogP contribution is 2.27. The average molecular weight is 355 g/mol. The Hall–Kier alpha value is -3.05. The Labute approximate surface area is 149 Å². The number of hydrogen-bond donors (Lipinski definition) is 2. The predicted molar refractivity (Wildman–Crippen MR) is 96.6 cm³/mol. The molecule has 0 saturated heterocycles. The number of aromatic hydroxyl groups is 1. The molecular formula is C19H15ClN2O3. The fourth-order valence-electron chi connectivity index (χ4n) is 2.18. The number of aromatic nitrogens is 1. The summed E-state index contributed by atoms with van der Waals surface area (Å²) >= 11 is 5.81. The number of halogens is 1. The maximum absolute atomic E-state index is 12.1. The van der Waals surface area contributed by atoms with Gasteiger partial charge in [-0.1, -0.05) is 11.6 Å². The minimum absolute atomic E-state index is 0.179. The lowest BCUT2D eigenvalue weighted by Crippen LogP contribution is -2.11. The van der Waals surface area contributed by atoms with E-state index >= 15 is 0 Å². The second-order valence-corrected chi connectivity index (χ2v) is 5.83. The smallest absolute Gasteiger partial charge is 0.255 e. The zero-order valence-corrected chi connectivity index (χ0v) is 14.1. The standard InChI is InChI=1S/C19H15ClN2O3/c1-12-10-16(23)7-8-17(12)25-18-9-6-15(11-21-18)22-19(24)13-2-4-14(20)5-3-13/h2-11,23H,1H3,(H,22,24). The van der Waals surface area contributed by atoms with E-state index in [2.05, 4.69) is 10.3 Å². The quantitative estimate of drug-likeness (QED) is 0.706. The van der Waals surface area contributed by atoms with Crippen molar-refractivity contribution in [3.05, 3.63) is 76.9 Å². The van der Waals surface area contributed by atoms with Crippen LogP contribution in [0, 0.1) is 6.92 Å². The fraction of sp³-hybridized carbons (Fsp3) is 0.0526. The second kappa shape index (κ2) is 7.23. The highest BCUT2D eigenvalue weighted by molar-refractivity contribution is 6.30. The van der Waals surface area contributed by atoms with Crippen molar-refractivity contribution >= 4 is 23.2 Å². The van der Waals surface area contributed by atoms with E-state index < -0.39 is 0 Å². The molecule has 0 aliphatic rings. The Morgan fingerprint density at radius 1 is 1.12 bits per heavy atom. The van der Waals surface area contributed by atoms with Gasteiger partial charge in [-0.3, -0.25) is 4.79 Å². The second-order valence-electron chi connectivity index (χ2n) is 5.40. The largest absolute Gasteiger partial charge is 0.508 e. The molecule has 25 heavy (non-hydrogen) atoms. The Morgan fingerprint density at radius 3 is 2.52 bits per heavy atom. The number of aryl methyl sites for hydroxylation is 1. The molecule has 6 heteroatoms. The first-order chi connectivity index (χ1) is 12.0. The van der Waals surface area contributed by atoms with Crippen LogP contribution in [0.15, 0.2) is 60.8 Å². The summed E-state index contributed by atoms with van der Waals surface area (Å²) in [6.45, 7) is 1.83. The highest BCUT2D eigenvalue weighted by Gasteiger charge is 2.07. The Balaban J connectivity index is 1.67. The maximum atomic E-state index is 12.1. The Bertz CT molecular complexity index is 894. The van der Waals surface area contributed by atoms with Crippen LogP contribution < -0.4 is 10.1 Å². The number of ether oxygens (including phenoxy) is 1. The summed E-state index contributed by atoms with van der Waals surface area (Å²) in [5.41, 5.74) is 1.85. The van der Waals surface area contributed by atoms with Crippen LogP contribution in [0.5, 0.6) is 17.4 Å². The third-order valence-electron chi connectivity index (χ3n) is 3.47. The van der Waals surface area contributed by atoms with Crippen LogP contribution in [-0.2, 0) is 0 Å². The van der Waals surface area contributed by atoms with Crippen LogP contribution in [0.2, 0.25) is 5.02 Å². The van der Waals surface area contributed by atoms with Crippen molar-refractivity contribution < 1.29 is 14.6 Å². The van der Waals surface area contributed by atoms with Gasteiger partial charge >= 0.3 is 0 Å². The van der Waals surface area contributed by atoms with Crippen molar-refractivity contribution in [3.8, 4) is 17.4 Å². The number of rotatable bonds is 4. The zero-order valence-electron chi connectivity index (χ0n) is 13.4. The van der Waals surface area contributed by atoms with Gasteiger partial charge in [0.05, 0.1) is 11.9 Å². The summed E-state index contributed by atoms with van der Waals surface area (Å²) in [5, 5.41) is 12.7. The van der Waals surface area contributed by atoms with E-state index in [0.717, 1.165) is 5.56 Å². The fourth-order valence-corrected chi connectivity index (χ4v) is 2.31. The van der Waals surface area contributed by atoms with E-state index in [9.17, 15) is 9.90 Å².